The SMILES string of the molecule is CCc1ccccc1NC(=O)c1nn2c(c1Br)N[C@@H](c1ccc(Br)o1)C[C@@H]2C(F)(F)F. The summed E-state index contributed by atoms with van der Waals surface area (Å²) >= 11 is 6.44. The van der Waals surface area contributed by atoms with Crippen molar-refractivity contribution < 1.29 is 22.4 Å². The first-order valence-corrected chi connectivity index (χ1v) is 11.0. The summed E-state index contributed by atoms with van der Waals surface area (Å²) in [5.41, 5.74) is 1.36. The van der Waals surface area contributed by atoms with Crippen molar-refractivity contribution in [3.8, 4) is 0 Å². The molecule has 0 saturated carbocycles. The first kappa shape index (κ1) is 21.9. The van der Waals surface area contributed by atoms with E-state index in [1.165, 1.54) is 0 Å². The summed E-state index contributed by atoms with van der Waals surface area (Å²) in [5.74, 6) is -0.182. The van der Waals surface area contributed by atoms with Crippen LogP contribution in [0.1, 0.15) is 47.2 Å². The Balaban J connectivity index is 1.70. The van der Waals surface area contributed by atoms with E-state index >= 15 is 0 Å². The number of aromatic nitrogens is 2. The molecule has 0 bridgehead atoms. The number of rotatable bonds is 4. The minimum absolute atomic E-state index is 0.0695. The molecule has 4 rings (SSSR count). The normalized spacial score (nSPS) is 18.4. The van der Waals surface area contributed by atoms with E-state index in [-0.39, 0.29) is 22.4 Å². The number of fused-ring (bicyclic) bond motifs is 1. The topological polar surface area (TPSA) is 72.1 Å². The monoisotopic (exact) mass is 560 g/mol. The van der Waals surface area contributed by atoms with Gasteiger partial charge >= 0.3 is 6.18 Å². The van der Waals surface area contributed by atoms with E-state index in [0.717, 1.165) is 10.2 Å². The van der Waals surface area contributed by atoms with Crippen LogP contribution in [0.2, 0.25) is 0 Å². The predicted octanol–water partition coefficient (Wildman–Crippen LogP) is 6.48. The molecule has 1 aliphatic rings. The highest BCUT2D eigenvalue weighted by Gasteiger charge is 2.48. The number of carbonyl (C=O) groups excluding carboxylic acids is 1. The third-order valence-corrected chi connectivity index (χ3v) is 6.27. The van der Waals surface area contributed by atoms with Gasteiger partial charge in [-0.3, -0.25) is 4.79 Å². The minimum Gasteiger partial charge on any atom is -0.452 e. The van der Waals surface area contributed by atoms with Gasteiger partial charge in [0.2, 0.25) is 0 Å². The molecular formula is C20H17Br2F3N4O2. The van der Waals surface area contributed by atoms with Gasteiger partial charge in [-0.05, 0) is 62.0 Å². The molecule has 0 aliphatic carbocycles. The Morgan fingerprint density at radius 2 is 2.03 bits per heavy atom. The van der Waals surface area contributed by atoms with E-state index in [0.29, 0.717) is 22.5 Å². The fourth-order valence-corrected chi connectivity index (χ4v) is 4.44. The average Bonchev–Trinajstić information content (AvgIpc) is 3.30. The number of anilines is 2. The lowest BCUT2D eigenvalue weighted by molar-refractivity contribution is -0.174. The number of aryl methyl sites for hydroxylation is 1. The molecule has 1 aliphatic heterocycles. The van der Waals surface area contributed by atoms with Crippen LogP contribution in [-0.2, 0) is 6.42 Å². The van der Waals surface area contributed by atoms with Crippen LogP contribution >= 0.6 is 31.9 Å². The summed E-state index contributed by atoms with van der Waals surface area (Å²) in [6, 6.07) is 7.79. The fourth-order valence-electron chi connectivity index (χ4n) is 3.57. The maximum absolute atomic E-state index is 13.9. The molecule has 2 aromatic heterocycles. The molecule has 0 saturated heterocycles. The van der Waals surface area contributed by atoms with Crippen molar-refractivity contribution in [3.05, 3.63) is 62.6 Å². The molecule has 11 heteroatoms. The third-order valence-electron chi connectivity index (χ3n) is 5.09. The van der Waals surface area contributed by atoms with Gasteiger partial charge in [-0.2, -0.15) is 18.3 Å². The van der Waals surface area contributed by atoms with Gasteiger partial charge in [0.05, 0.1) is 10.5 Å². The van der Waals surface area contributed by atoms with E-state index in [9.17, 15) is 18.0 Å². The van der Waals surface area contributed by atoms with Gasteiger partial charge < -0.3 is 15.1 Å². The second kappa shape index (κ2) is 8.34. The molecule has 1 amide bonds. The zero-order valence-corrected chi connectivity index (χ0v) is 19.3. The number of para-hydroxylation sites is 1. The Bertz CT molecular complexity index is 1130. The van der Waals surface area contributed by atoms with Gasteiger partial charge in [0.1, 0.15) is 11.6 Å². The minimum atomic E-state index is -4.56. The second-order valence-corrected chi connectivity index (χ2v) is 8.63. The molecule has 6 nitrogen and oxygen atoms in total. The van der Waals surface area contributed by atoms with E-state index in [2.05, 4.69) is 47.6 Å². The van der Waals surface area contributed by atoms with Crippen LogP contribution in [0.3, 0.4) is 0 Å². The maximum Gasteiger partial charge on any atom is 0.410 e. The van der Waals surface area contributed by atoms with Crippen LogP contribution in [0.25, 0.3) is 0 Å². The molecule has 3 aromatic rings. The Morgan fingerprint density at radius 1 is 1.29 bits per heavy atom. The first-order chi connectivity index (χ1) is 14.7. The standard InChI is InChI=1S/C20H17Br2F3N4O2/c1-2-10-5-3-4-6-11(10)27-19(30)17-16(22)18-26-12(13-7-8-15(21)31-13)9-14(20(23,24)25)29(18)28-17/h3-8,12,14,26H,2,9H2,1H3,(H,27,30)/t12-,14-/m1/s1. The third kappa shape index (κ3) is 4.25. The number of nitrogens with zero attached hydrogens (tertiary/aromatic N) is 2. The largest absolute Gasteiger partial charge is 0.452 e. The number of benzene rings is 1. The summed E-state index contributed by atoms with van der Waals surface area (Å²) in [7, 11) is 0. The van der Waals surface area contributed by atoms with Gasteiger partial charge in [-0.25, -0.2) is 4.68 Å². The van der Waals surface area contributed by atoms with Crippen LogP contribution in [0.5, 0.6) is 0 Å². The summed E-state index contributed by atoms with van der Waals surface area (Å²) in [6.45, 7) is 1.95. The van der Waals surface area contributed by atoms with Crippen molar-refractivity contribution in [1.82, 2.24) is 9.78 Å². The second-order valence-electron chi connectivity index (χ2n) is 7.05. The van der Waals surface area contributed by atoms with Gasteiger partial charge in [0.25, 0.3) is 5.91 Å². The number of nitrogens with one attached hydrogen (secondary N) is 2. The molecule has 164 valence electrons. The Kier molecular flexibility index (Phi) is 5.91. The van der Waals surface area contributed by atoms with Crippen LogP contribution in [-0.4, -0.2) is 21.9 Å². The zero-order chi connectivity index (χ0) is 22.3. The van der Waals surface area contributed by atoms with Crippen LogP contribution in [0.15, 0.2) is 50.0 Å². The average molecular weight is 562 g/mol. The van der Waals surface area contributed by atoms with Crippen molar-refractivity contribution >= 4 is 49.3 Å². The molecule has 2 atom stereocenters. The van der Waals surface area contributed by atoms with Gasteiger partial charge in [0, 0.05) is 12.1 Å². The van der Waals surface area contributed by atoms with Crippen LogP contribution in [0.4, 0.5) is 24.7 Å². The summed E-state index contributed by atoms with van der Waals surface area (Å²) in [5, 5.41) is 9.79. The molecule has 0 fully saturated rings. The van der Waals surface area contributed by atoms with E-state index in [1.807, 2.05) is 19.1 Å². The lowest BCUT2D eigenvalue weighted by Gasteiger charge is -2.32. The van der Waals surface area contributed by atoms with Crippen molar-refractivity contribution in [2.45, 2.75) is 38.0 Å². The van der Waals surface area contributed by atoms with Gasteiger partial charge in [-0.1, -0.05) is 25.1 Å². The number of hydrogen-bond acceptors (Lipinski definition) is 4. The summed E-state index contributed by atoms with van der Waals surface area (Å²) < 4.78 is 48.4. The van der Waals surface area contributed by atoms with Crippen molar-refractivity contribution in [1.29, 1.82) is 0 Å². The lowest BCUT2D eigenvalue weighted by Crippen LogP contribution is -2.35. The number of hydrogen-bond donors (Lipinski definition) is 2. The van der Waals surface area contributed by atoms with Crippen molar-refractivity contribution in [3.63, 3.8) is 0 Å². The highest BCUT2D eigenvalue weighted by molar-refractivity contribution is 9.10. The van der Waals surface area contributed by atoms with Crippen molar-refractivity contribution in [2.24, 2.45) is 0 Å². The molecule has 0 spiro atoms. The highest BCUT2D eigenvalue weighted by atomic mass is 79.9. The molecule has 0 radical (unpaired) electrons. The Morgan fingerprint density at radius 3 is 2.68 bits per heavy atom. The Hall–Kier alpha value is -2.27. The maximum atomic E-state index is 13.9. The molecule has 2 N–H and O–H groups in total. The Labute approximate surface area is 192 Å². The lowest BCUT2D eigenvalue weighted by atomic mass is 10.0. The quantitative estimate of drug-likeness (QED) is 0.382. The van der Waals surface area contributed by atoms with Crippen LogP contribution in [0, 0.1) is 0 Å². The number of amides is 1. The number of furan rings is 1. The molecule has 0 unspecified atom stereocenters. The number of halogens is 5. The van der Waals surface area contributed by atoms with Crippen LogP contribution < -0.4 is 10.6 Å². The van der Waals surface area contributed by atoms with E-state index in [1.54, 1.807) is 24.3 Å². The van der Waals surface area contributed by atoms with Gasteiger partial charge in [-0.15, -0.1) is 0 Å². The predicted molar refractivity (Wildman–Crippen MR) is 116 cm³/mol. The fraction of sp³-hybridized carbons (Fsp3) is 0.300. The van der Waals surface area contributed by atoms with Gasteiger partial charge in [0.15, 0.2) is 16.4 Å². The molecule has 3 heterocycles. The summed E-state index contributed by atoms with van der Waals surface area (Å²) in [4.78, 5) is 12.9. The smallest absolute Gasteiger partial charge is 0.410 e. The summed E-state index contributed by atoms with van der Waals surface area (Å²) in [6.07, 6.45) is -4.20. The van der Waals surface area contributed by atoms with Crippen molar-refractivity contribution in [2.75, 3.05) is 10.6 Å². The zero-order valence-electron chi connectivity index (χ0n) is 16.1. The molecular weight excluding hydrogens is 545 g/mol. The number of carbonyl (C=O) groups is 1. The van der Waals surface area contributed by atoms with E-state index < -0.39 is 24.2 Å². The molecule has 1 aromatic carbocycles. The number of alkyl halides is 3. The highest BCUT2D eigenvalue weighted by Crippen LogP contribution is 2.46. The molecule has 31 heavy (non-hydrogen) atoms. The first-order valence-electron chi connectivity index (χ1n) is 9.44. The van der Waals surface area contributed by atoms with E-state index in [4.69, 9.17) is 4.42 Å².